The van der Waals surface area contributed by atoms with Gasteiger partial charge in [-0.1, -0.05) is 50.3 Å². The van der Waals surface area contributed by atoms with Crippen molar-refractivity contribution in [1.29, 1.82) is 0 Å². The van der Waals surface area contributed by atoms with Crippen LogP contribution in [0, 0.1) is 12.8 Å². The van der Waals surface area contributed by atoms with Gasteiger partial charge < -0.3 is 26.0 Å². The lowest BCUT2D eigenvalue weighted by molar-refractivity contribution is 0.0910. The van der Waals surface area contributed by atoms with Crippen molar-refractivity contribution in [2.45, 2.75) is 39.2 Å². The second kappa shape index (κ2) is 12.3. The molecular formula is C26H32BN5O4. The minimum Gasteiger partial charge on any atom is -0.426 e. The number of nitrogens with one attached hydrogen (secondary N) is 3. The summed E-state index contributed by atoms with van der Waals surface area (Å²) in [6.45, 7) is 9.87. The van der Waals surface area contributed by atoms with E-state index in [1.807, 2.05) is 45.0 Å². The Kier molecular flexibility index (Phi) is 9.16. The maximum atomic E-state index is 13.1. The van der Waals surface area contributed by atoms with Crippen molar-refractivity contribution in [1.82, 2.24) is 25.9 Å². The first kappa shape index (κ1) is 26.8. The zero-order valence-corrected chi connectivity index (χ0v) is 20.7. The molecule has 2 amide bonds. The van der Waals surface area contributed by atoms with Gasteiger partial charge in [0.15, 0.2) is 0 Å². The monoisotopic (exact) mass is 489 g/mol. The van der Waals surface area contributed by atoms with Gasteiger partial charge in [-0.05, 0) is 43.5 Å². The highest BCUT2D eigenvalue weighted by molar-refractivity contribution is 6.43. The molecule has 0 fully saturated rings. The zero-order valence-electron chi connectivity index (χ0n) is 20.7. The molecule has 0 radical (unpaired) electrons. The fourth-order valence-corrected chi connectivity index (χ4v) is 3.66. The quantitative estimate of drug-likeness (QED) is 0.260. The number of aromatic nitrogens is 2. The van der Waals surface area contributed by atoms with Crippen molar-refractivity contribution >= 4 is 30.0 Å². The van der Waals surface area contributed by atoms with E-state index in [1.165, 1.54) is 6.20 Å². The van der Waals surface area contributed by atoms with E-state index in [0.717, 1.165) is 5.56 Å². The van der Waals surface area contributed by atoms with Crippen molar-refractivity contribution in [3.05, 3.63) is 83.8 Å². The SMILES string of the molecule is C=C(N[C@@H](CC(C)C)B(O)O)[C@H](CNC(=O)c1ccc(C)cc1)NC(=O)c1cnc2ccccc2n1. The van der Waals surface area contributed by atoms with E-state index in [2.05, 4.69) is 32.5 Å². The highest BCUT2D eigenvalue weighted by Gasteiger charge is 2.28. The van der Waals surface area contributed by atoms with E-state index in [0.29, 0.717) is 28.7 Å². The lowest BCUT2D eigenvalue weighted by Crippen LogP contribution is -2.52. The molecule has 0 bridgehead atoms. The zero-order chi connectivity index (χ0) is 26.2. The predicted octanol–water partition coefficient (Wildman–Crippen LogP) is 2.00. The van der Waals surface area contributed by atoms with Crippen molar-refractivity contribution in [3.8, 4) is 0 Å². The number of hydrogen-bond acceptors (Lipinski definition) is 7. The number of hydrogen-bond donors (Lipinski definition) is 5. The first-order chi connectivity index (χ1) is 17.1. The molecule has 10 heteroatoms. The molecule has 0 unspecified atom stereocenters. The summed E-state index contributed by atoms with van der Waals surface area (Å²) in [7, 11) is -1.63. The smallest absolute Gasteiger partial charge is 0.426 e. The van der Waals surface area contributed by atoms with Crippen molar-refractivity contribution in [2.75, 3.05) is 6.54 Å². The minimum absolute atomic E-state index is 0.0151. The minimum atomic E-state index is -1.63. The van der Waals surface area contributed by atoms with Crippen LogP contribution in [0.5, 0.6) is 0 Å². The highest BCUT2D eigenvalue weighted by atomic mass is 16.4. The second-order valence-electron chi connectivity index (χ2n) is 9.17. The number of fused-ring (bicyclic) bond motifs is 1. The van der Waals surface area contributed by atoms with Gasteiger partial charge in [-0.3, -0.25) is 14.6 Å². The van der Waals surface area contributed by atoms with Gasteiger partial charge in [0.25, 0.3) is 11.8 Å². The molecule has 3 rings (SSSR count). The number of benzene rings is 2. The van der Waals surface area contributed by atoms with Crippen LogP contribution in [0.4, 0.5) is 0 Å². The van der Waals surface area contributed by atoms with Crippen molar-refractivity contribution < 1.29 is 19.6 Å². The molecule has 1 aromatic heterocycles. The molecular weight excluding hydrogens is 457 g/mol. The molecule has 0 saturated heterocycles. The number of carbonyl (C=O) groups excluding carboxylic acids is 2. The van der Waals surface area contributed by atoms with Crippen LogP contribution in [0.15, 0.2) is 67.0 Å². The van der Waals surface area contributed by atoms with Gasteiger partial charge in [0, 0.05) is 17.8 Å². The van der Waals surface area contributed by atoms with Crippen LogP contribution in [0.3, 0.4) is 0 Å². The lowest BCUT2D eigenvalue weighted by atomic mass is 9.75. The Morgan fingerprint density at radius 1 is 1.00 bits per heavy atom. The van der Waals surface area contributed by atoms with E-state index in [4.69, 9.17) is 0 Å². The molecule has 2 atom stereocenters. The molecule has 36 heavy (non-hydrogen) atoms. The Balaban J connectivity index is 1.78. The molecule has 5 N–H and O–H groups in total. The van der Waals surface area contributed by atoms with Crippen LogP contribution in [0.2, 0.25) is 0 Å². The Morgan fingerprint density at radius 3 is 2.31 bits per heavy atom. The highest BCUT2D eigenvalue weighted by Crippen LogP contribution is 2.11. The van der Waals surface area contributed by atoms with E-state index in [1.54, 1.807) is 24.3 Å². The van der Waals surface area contributed by atoms with Crippen LogP contribution in [0.1, 0.15) is 46.7 Å². The van der Waals surface area contributed by atoms with Gasteiger partial charge in [-0.25, -0.2) is 4.98 Å². The Bertz CT molecular complexity index is 1220. The standard InChI is InChI=1S/C26H32BN5O4/c1-16(2)13-24(27(35)36)30-18(4)22(14-29-25(33)19-11-9-17(3)10-12-19)32-26(34)23-15-28-20-7-5-6-8-21(20)31-23/h5-12,15-16,22,24,30,35-36H,4,13-14H2,1-3H3,(H,29,33)(H,32,34)/t22-,24-/m0/s1. The van der Waals surface area contributed by atoms with Gasteiger partial charge >= 0.3 is 7.12 Å². The normalized spacial score (nSPS) is 12.6. The largest absolute Gasteiger partial charge is 0.475 e. The molecule has 9 nitrogen and oxygen atoms in total. The van der Waals surface area contributed by atoms with Gasteiger partial charge in [-0.2, -0.15) is 0 Å². The summed E-state index contributed by atoms with van der Waals surface area (Å²) in [4.78, 5) is 34.4. The van der Waals surface area contributed by atoms with E-state index >= 15 is 0 Å². The van der Waals surface area contributed by atoms with Gasteiger partial charge in [0.2, 0.25) is 0 Å². The third kappa shape index (κ3) is 7.37. The van der Waals surface area contributed by atoms with E-state index in [9.17, 15) is 19.6 Å². The van der Waals surface area contributed by atoms with E-state index in [-0.39, 0.29) is 24.1 Å². The Labute approximate surface area is 211 Å². The van der Waals surface area contributed by atoms with Gasteiger partial charge in [0.05, 0.1) is 29.2 Å². The number of aryl methyl sites for hydroxylation is 1. The summed E-state index contributed by atoms with van der Waals surface area (Å²) in [5.74, 6) is -1.34. The van der Waals surface area contributed by atoms with Crippen LogP contribution in [0.25, 0.3) is 11.0 Å². The first-order valence-corrected chi connectivity index (χ1v) is 11.8. The summed E-state index contributed by atoms with van der Waals surface area (Å²) < 4.78 is 0. The van der Waals surface area contributed by atoms with Crippen LogP contribution < -0.4 is 16.0 Å². The Hall–Kier alpha value is -3.76. The third-order valence-corrected chi connectivity index (χ3v) is 5.64. The van der Waals surface area contributed by atoms with Gasteiger partial charge in [-0.15, -0.1) is 0 Å². The molecule has 3 aromatic rings. The Morgan fingerprint density at radius 2 is 1.67 bits per heavy atom. The summed E-state index contributed by atoms with van der Waals surface area (Å²) in [5.41, 5.74) is 3.18. The lowest BCUT2D eigenvalue weighted by Gasteiger charge is -2.27. The molecule has 2 aromatic carbocycles. The number of carbonyl (C=O) groups is 2. The molecule has 0 saturated carbocycles. The van der Waals surface area contributed by atoms with Crippen LogP contribution in [-0.2, 0) is 0 Å². The molecule has 0 aliphatic carbocycles. The topological polar surface area (TPSA) is 136 Å². The summed E-state index contributed by atoms with van der Waals surface area (Å²) in [6, 6.07) is 13.6. The molecule has 0 spiro atoms. The van der Waals surface area contributed by atoms with Crippen LogP contribution >= 0.6 is 0 Å². The molecule has 0 aliphatic rings. The third-order valence-electron chi connectivity index (χ3n) is 5.64. The average molecular weight is 489 g/mol. The average Bonchev–Trinajstić information content (AvgIpc) is 2.85. The molecule has 188 valence electrons. The number of nitrogens with zero attached hydrogens (tertiary/aromatic N) is 2. The fourth-order valence-electron chi connectivity index (χ4n) is 3.66. The summed E-state index contributed by atoms with van der Waals surface area (Å²) in [5, 5.41) is 28.3. The maximum absolute atomic E-state index is 13.1. The number of amides is 2. The predicted molar refractivity (Wildman–Crippen MR) is 140 cm³/mol. The second-order valence-corrected chi connectivity index (χ2v) is 9.17. The maximum Gasteiger partial charge on any atom is 0.475 e. The number of para-hydroxylation sites is 2. The fraction of sp³-hybridized carbons (Fsp3) is 0.308. The van der Waals surface area contributed by atoms with Crippen molar-refractivity contribution in [2.24, 2.45) is 5.92 Å². The van der Waals surface area contributed by atoms with Crippen molar-refractivity contribution in [3.63, 3.8) is 0 Å². The summed E-state index contributed by atoms with van der Waals surface area (Å²) in [6.07, 6.45) is 1.85. The first-order valence-electron chi connectivity index (χ1n) is 11.8. The summed E-state index contributed by atoms with van der Waals surface area (Å²) >= 11 is 0. The number of rotatable bonds is 11. The molecule has 1 heterocycles. The van der Waals surface area contributed by atoms with Crippen LogP contribution in [-0.4, -0.2) is 57.5 Å². The van der Waals surface area contributed by atoms with E-state index < -0.39 is 25.0 Å². The molecule has 0 aliphatic heterocycles. The van der Waals surface area contributed by atoms with Gasteiger partial charge in [0.1, 0.15) is 5.69 Å².